The fourth-order valence-corrected chi connectivity index (χ4v) is 2.20. The second-order valence-electron chi connectivity index (χ2n) is 4.84. The topological polar surface area (TPSA) is 95.9 Å². The number of hydrogen-bond donors (Lipinski definition) is 1. The van der Waals surface area contributed by atoms with Crippen LogP contribution in [0.2, 0.25) is 0 Å². The molecule has 0 saturated carbocycles. The summed E-state index contributed by atoms with van der Waals surface area (Å²) >= 11 is 0. The number of aryl methyl sites for hydroxylation is 1. The SMILES string of the molecule is CCOC(=O)CCCCCCn1cnc2c(N)ncnc21. The molecular weight excluding hydrogens is 270 g/mol. The second kappa shape index (κ2) is 7.56. The Balaban J connectivity index is 1.71. The van der Waals surface area contributed by atoms with E-state index in [2.05, 4.69) is 15.0 Å². The van der Waals surface area contributed by atoms with Crippen molar-refractivity contribution in [3.63, 3.8) is 0 Å². The Morgan fingerprint density at radius 2 is 2.05 bits per heavy atom. The average molecular weight is 291 g/mol. The van der Waals surface area contributed by atoms with Gasteiger partial charge >= 0.3 is 5.97 Å². The van der Waals surface area contributed by atoms with Crippen LogP contribution < -0.4 is 5.73 Å². The molecule has 114 valence electrons. The van der Waals surface area contributed by atoms with E-state index in [9.17, 15) is 4.79 Å². The van der Waals surface area contributed by atoms with Crippen molar-refractivity contribution >= 4 is 23.0 Å². The number of rotatable bonds is 8. The van der Waals surface area contributed by atoms with Gasteiger partial charge in [0.25, 0.3) is 0 Å². The zero-order valence-electron chi connectivity index (χ0n) is 12.3. The van der Waals surface area contributed by atoms with Gasteiger partial charge in [0, 0.05) is 13.0 Å². The minimum Gasteiger partial charge on any atom is -0.466 e. The molecule has 2 aromatic heterocycles. The Bertz CT molecular complexity index is 596. The molecule has 2 aromatic rings. The average Bonchev–Trinajstić information content (AvgIpc) is 2.88. The first kappa shape index (κ1) is 15.2. The number of fused-ring (bicyclic) bond motifs is 1. The number of ether oxygens (including phenoxy) is 1. The van der Waals surface area contributed by atoms with Gasteiger partial charge in [-0.2, -0.15) is 0 Å². The summed E-state index contributed by atoms with van der Waals surface area (Å²) in [5, 5.41) is 0. The summed E-state index contributed by atoms with van der Waals surface area (Å²) in [6.07, 6.45) is 7.66. The highest BCUT2D eigenvalue weighted by atomic mass is 16.5. The number of carbonyl (C=O) groups is 1. The quantitative estimate of drug-likeness (QED) is 0.589. The molecule has 0 spiro atoms. The van der Waals surface area contributed by atoms with Gasteiger partial charge in [-0.15, -0.1) is 0 Å². The number of hydrogen-bond acceptors (Lipinski definition) is 6. The van der Waals surface area contributed by atoms with Crippen LogP contribution in [0.1, 0.15) is 39.0 Å². The molecule has 0 unspecified atom stereocenters. The highest BCUT2D eigenvalue weighted by molar-refractivity contribution is 5.81. The van der Waals surface area contributed by atoms with Crippen molar-refractivity contribution in [2.45, 2.75) is 45.6 Å². The molecule has 0 amide bonds. The Labute approximate surface area is 123 Å². The molecule has 21 heavy (non-hydrogen) atoms. The third-order valence-corrected chi connectivity index (χ3v) is 3.26. The van der Waals surface area contributed by atoms with Gasteiger partial charge in [0.05, 0.1) is 12.9 Å². The molecule has 2 N–H and O–H groups in total. The zero-order valence-corrected chi connectivity index (χ0v) is 12.3. The van der Waals surface area contributed by atoms with E-state index in [1.165, 1.54) is 6.33 Å². The van der Waals surface area contributed by atoms with Gasteiger partial charge in [-0.1, -0.05) is 12.8 Å². The monoisotopic (exact) mass is 291 g/mol. The van der Waals surface area contributed by atoms with Crippen LogP contribution >= 0.6 is 0 Å². The molecule has 0 fully saturated rings. The second-order valence-corrected chi connectivity index (χ2v) is 4.84. The van der Waals surface area contributed by atoms with E-state index in [1.807, 2.05) is 11.5 Å². The lowest BCUT2D eigenvalue weighted by Gasteiger charge is -2.04. The van der Waals surface area contributed by atoms with Gasteiger partial charge in [0.15, 0.2) is 11.5 Å². The summed E-state index contributed by atoms with van der Waals surface area (Å²) in [5.41, 5.74) is 7.17. The first-order valence-corrected chi connectivity index (χ1v) is 7.29. The number of anilines is 1. The molecular formula is C14H21N5O2. The summed E-state index contributed by atoms with van der Waals surface area (Å²) < 4.78 is 6.87. The van der Waals surface area contributed by atoms with Gasteiger partial charge in [-0.3, -0.25) is 4.79 Å². The Morgan fingerprint density at radius 3 is 2.86 bits per heavy atom. The van der Waals surface area contributed by atoms with Crippen molar-refractivity contribution in [2.24, 2.45) is 0 Å². The van der Waals surface area contributed by atoms with Crippen molar-refractivity contribution in [2.75, 3.05) is 12.3 Å². The van der Waals surface area contributed by atoms with E-state index in [0.29, 0.717) is 24.4 Å². The largest absolute Gasteiger partial charge is 0.466 e. The van der Waals surface area contributed by atoms with Crippen LogP contribution in [-0.2, 0) is 16.1 Å². The molecule has 0 aliphatic heterocycles. The standard InChI is InChI=1S/C14H21N5O2/c1-2-21-11(20)7-5-3-4-6-8-19-10-18-12-13(15)16-9-17-14(12)19/h9-10H,2-8H2,1H3,(H2,15,16,17). The minimum atomic E-state index is -0.106. The fourth-order valence-electron chi connectivity index (χ4n) is 2.20. The summed E-state index contributed by atoms with van der Waals surface area (Å²) in [7, 11) is 0. The van der Waals surface area contributed by atoms with Crippen molar-refractivity contribution in [3.8, 4) is 0 Å². The molecule has 2 heterocycles. The van der Waals surface area contributed by atoms with Crippen LogP contribution in [0.15, 0.2) is 12.7 Å². The lowest BCUT2D eigenvalue weighted by atomic mass is 10.1. The number of aromatic nitrogens is 4. The van der Waals surface area contributed by atoms with E-state index in [0.717, 1.165) is 37.9 Å². The maximum absolute atomic E-state index is 11.2. The number of nitrogen functional groups attached to an aromatic ring is 1. The van der Waals surface area contributed by atoms with Crippen molar-refractivity contribution < 1.29 is 9.53 Å². The number of imidazole rings is 1. The van der Waals surface area contributed by atoms with Crippen LogP contribution in [-0.4, -0.2) is 32.1 Å². The third-order valence-electron chi connectivity index (χ3n) is 3.26. The Kier molecular flexibility index (Phi) is 5.48. The van der Waals surface area contributed by atoms with Gasteiger partial charge in [-0.05, 0) is 19.8 Å². The molecule has 2 rings (SSSR count). The predicted octanol–water partition coefficient (Wildman–Crippen LogP) is 1.92. The molecule has 0 radical (unpaired) electrons. The van der Waals surface area contributed by atoms with Crippen molar-refractivity contribution in [3.05, 3.63) is 12.7 Å². The maximum Gasteiger partial charge on any atom is 0.305 e. The predicted molar refractivity (Wildman–Crippen MR) is 79.5 cm³/mol. The maximum atomic E-state index is 11.2. The zero-order chi connectivity index (χ0) is 15.1. The van der Waals surface area contributed by atoms with Crippen LogP contribution in [0.25, 0.3) is 11.2 Å². The molecule has 0 atom stereocenters. The number of carbonyl (C=O) groups excluding carboxylic acids is 1. The summed E-state index contributed by atoms with van der Waals surface area (Å²) in [6.45, 7) is 3.12. The number of esters is 1. The van der Waals surface area contributed by atoms with Gasteiger partial charge in [-0.25, -0.2) is 15.0 Å². The Morgan fingerprint density at radius 1 is 1.24 bits per heavy atom. The normalized spacial score (nSPS) is 10.9. The smallest absolute Gasteiger partial charge is 0.305 e. The first-order chi connectivity index (χ1) is 10.2. The van der Waals surface area contributed by atoms with Crippen molar-refractivity contribution in [1.82, 2.24) is 19.5 Å². The van der Waals surface area contributed by atoms with Gasteiger partial charge in [0.1, 0.15) is 11.8 Å². The molecule has 0 aliphatic rings. The summed E-state index contributed by atoms with van der Waals surface area (Å²) in [6, 6.07) is 0. The highest BCUT2D eigenvalue weighted by Crippen LogP contribution is 2.15. The first-order valence-electron chi connectivity index (χ1n) is 7.29. The lowest BCUT2D eigenvalue weighted by Crippen LogP contribution is -2.03. The number of unbranched alkanes of at least 4 members (excludes halogenated alkanes) is 3. The molecule has 7 nitrogen and oxygen atoms in total. The Hall–Kier alpha value is -2.18. The summed E-state index contributed by atoms with van der Waals surface area (Å²) in [4.78, 5) is 23.5. The van der Waals surface area contributed by atoms with Crippen LogP contribution in [0.5, 0.6) is 0 Å². The third kappa shape index (κ3) is 4.14. The van der Waals surface area contributed by atoms with Crippen LogP contribution in [0, 0.1) is 0 Å². The minimum absolute atomic E-state index is 0.106. The number of nitrogens with two attached hydrogens (primary N) is 1. The van der Waals surface area contributed by atoms with E-state index >= 15 is 0 Å². The molecule has 0 aliphatic carbocycles. The van der Waals surface area contributed by atoms with Crippen LogP contribution in [0.3, 0.4) is 0 Å². The van der Waals surface area contributed by atoms with Gasteiger partial charge < -0.3 is 15.0 Å². The van der Waals surface area contributed by atoms with E-state index in [1.54, 1.807) is 6.33 Å². The van der Waals surface area contributed by atoms with E-state index in [4.69, 9.17) is 10.5 Å². The lowest BCUT2D eigenvalue weighted by molar-refractivity contribution is -0.143. The molecule has 0 bridgehead atoms. The van der Waals surface area contributed by atoms with E-state index < -0.39 is 0 Å². The molecule has 7 heteroatoms. The van der Waals surface area contributed by atoms with Crippen molar-refractivity contribution in [1.29, 1.82) is 0 Å². The molecule has 0 saturated heterocycles. The number of nitrogens with zero attached hydrogens (tertiary/aromatic N) is 4. The highest BCUT2D eigenvalue weighted by Gasteiger charge is 2.07. The molecule has 0 aromatic carbocycles. The van der Waals surface area contributed by atoms with Crippen LogP contribution in [0.4, 0.5) is 5.82 Å². The summed E-state index contributed by atoms with van der Waals surface area (Å²) in [5.74, 6) is 0.304. The fraction of sp³-hybridized carbons (Fsp3) is 0.571. The van der Waals surface area contributed by atoms with E-state index in [-0.39, 0.29) is 5.97 Å². The van der Waals surface area contributed by atoms with Gasteiger partial charge in [0.2, 0.25) is 0 Å².